The van der Waals surface area contributed by atoms with Gasteiger partial charge in [-0.25, -0.2) is 13.2 Å². The highest BCUT2D eigenvalue weighted by molar-refractivity contribution is 7.89. The van der Waals surface area contributed by atoms with Gasteiger partial charge in [0.2, 0.25) is 15.9 Å². The van der Waals surface area contributed by atoms with Gasteiger partial charge in [0, 0.05) is 19.3 Å². The Morgan fingerprint density at radius 1 is 1.27 bits per heavy atom. The lowest BCUT2D eigenvalue weighted by Crippen LogP contribution is -2.51. The van der Waals surface area contributed by atoms with E-state index >= 15 is 0 Å². The van der Waals surface area contributed by atoms with Gasteiger partial charge in [-0.3, -0.25) is 4.79 Å². The average molecular weight is 384 g/mol. The van der Waals surface area contributed by atoms with E-state index in [0.717, 1.165) is 0 Å². The van der Waals surface area contributed by atoms with Gasteiger partial charge in [0.05, 0.1) is 5.75 Å². The van der Waals surface area contributed by atoms with Gasteiger partial charge in [0.15, 0.2) is 6.61 Å². The van der Waals surface area contributed by atoms with E-state index in [2.05, 4.69) is 0 Å². The Bertz CT molecular complexity index is 760. The van der Waals surface area contributed by atoms with Crippen LogP contribution in [0.4, 0.5) is 5.69 Å². The molecule has 1 N–H and O–H groups in total. The van der Waals surface area contributed by atoms with Crippen LogP contribution in [0.15, 0.2) is 24.3 Å². The van der Waals surface area contributed by atoms with Gasteiger partial charge < -0.3 is 14.7 Å². The molecule has 0 aromatic heterocycles. The number of sulfonamides is 1. The third-order valence-corrected chi connectivity index (χ3v) is 6.18. The number of carboxylic acid groups (broad SMARTS) is 1. The van der Waals surface area contributed by atoms with Crippen molar-refractivity contribution in [2.24, 2.45) is 5.92 Å². The van der Waals surface area contributed by atoms with E-state index in [9.17, 15) is 18.0 Å². The Kier molecular flexibility index (Phi) is 6.25. The Balaban J connectivity index is 2.17. The van der Waals surface area contributed by atoms with Crippen molar-refractivity contribution in [1.29, 1.82) is 0 Å². The average Bonchev–Trinajstić information content (AvgIpc) is 2.91. The number of ether oxygens (including phenoxy) is 1. The lowest BCUT2D eigenvalue weighted by Gasteiger charge is -2.32. The summed E-state index contributed by atoms with van der Waals surface area (Å²) in [5.41, 5.74) is 0.569. The number of benzene rings is 1. The normalized spacial score (nSPS) is 17.8. The molecule has 1 amide bonds. The van der Waals surface area contributed by atoms with Crippen LogP contribution in [0, 0.1) is 5.92 Å². The summed E-state index contributed by atoms with van der Waals surface area (Å²) in [4.78, 5) is 24.9. The Labute approximate surface area is 153 Å². The lowest BCUT2D eigenvalue weighted by atomic mass is 10.0. The number of carbonyl (C=O) groups is 2. The second-order valence-corrected chi connectivity index (χ2v) is 8.58. The molecule has 0 spiro atoms. The molecule has 26 heavy (non-hydrogen) atoms. The number of likely N-dealkylation sites (N-methyl/N-ethyl adjacent to an activating group) is 1. The van der Waals surface area contributed by atoms with Crippen LogP contribution >= 0.6 is 0 Å². The first-order chi connectivity index (χ1) is 12.1. The second kappa shape index (κ2) is 8.05. The van der Waals surface area contributed by atoms with E-state index in [1.165, 1.54) is 9.21 Å². The number of hydrogen-bond donors (Lipinski definition) is 1. The van der Waals surface area contributed by atoms with Crippen LogP contribution in [0.1, 0.15) is 20.3 Å². The molecule has 2 rings (SSSR count). The van der Waals surface area contributed by atoms with Gasteiger partial charge in [0.25, 0.3) is 0 Å². The molecule has 1 aromatic rings. The van der Waals surface area contributed by atoms with Crippen molar-refractivity contribution < 1.29 is 27.9 Å². The summed E-state index contributed by atoms with van der Waals surface area (Å²) in [7, 11) is -1.81. The third-order valence-electron chi connectivity index (χ3n) is 4.25. The fraction of sp³-hybridized carbons (Fsp3) is 0.529. The van der Waals surface area contributed by atoms with E-state index in [0.29, 0.717) is 24.4 Å². The molecular formula is C17H24N2O6S. The first-order valence-corrected chi connectivity index (χ1v) is 9.96. The highest BCUT2D eigenvalue weighted by Crippen LogP contribution is 2.26. The minimum absolute atomic E-state index is 0.0722. The molecule has 0 radical (unpaired) electrons. The Morgan fingerprint density at radius 3 is 2.35 bits per heavy atom. The summed E-state index contributed by atoms with van der Waals surface area (Å²) >= 11 is 0. The van der Waals surface area contributed by atoms with Crippen LogP contribution in [-0.2, 0) is 19.6 Å². The Morgan fingerprint density at radius 2 is 1.88 bits per heavy atom. The first-order valence-electron chi connectivity index (χ1n) is 8.35. The molecule has 1 heterocycles. The van der Waals surface area contributed by atoms with E-state index in [-0.39, 0.29) is 17.6 Å². The molecule has 1 aliphatic heterocycles. The number of carboxylic acids is 1. The molecule has 8 nitrogen and oxygen atoms in total. The zero-order chi connectivity index (χ0) is 19.5. The number of anilines is 1. The number of aliphatic carboxylic acids is 1. The second-order valence-electron chi connectivity index (χ2n) is 6.54. The van der Waals surface area contributed by atoms with Crippen LogP contribution < -0.4 is 9.64 Å². The molecule has 1 saturated heterocycles. The largest absolute Gasteiger partial charge is 0.482 e. The highest BCUT2D eigenvalue weighted by Gasteiger charge is 2.41. The van der Waals surface area contributed by atoms with Gasteiger partial charge in [-0.15, -0.1) is 0 Å². The maximum atomic E-state index is 13.0. The van der Waals surface area contributed by atoms with Crippen LogP contribution in [0.5, 0.6) is 5.75 Å². The number of amides is 1. The van der Waals surface area contributed by atoms with Gasteiger partial charge >= 0.3 is 5.97 Å². The molecule has 144 valence electrons. The zero-order valence-corrected chi connectivity index (χ0v) is 15.9. The number of hydrogen-bond acceptors (Lipinski definition) is 5. The van der Waals surface area contributed by atoms with Crippen LogP contribution in [0.2, 0.25) is 0 Å². The third kappa shape index (κ3) is 4.53. The van der Waals surface area contributed by atoms with Crippen LogP contribution in [-0.4, -0.2) is 61.7 Å². The van der Waals surface area contributed by atoms with E-state index in [4.69, 9.17) is 9.84 Å². The summed E-state index contributed by atoms with van der Waals surface area (Å²) in [5, 5.41) is 8.62. The minimum atomic E-state index is -3.40. The molecule has 0 aliphatic carbocycles. The SMILES string of the molecule is CC(C)C(C(=O)N(C)c1ccc(OCC(=O)O)cc1)N1CCCS1(=O)=O. The van der Waals surface area contributed by atoms with Gasteiger partial charge in [-0.1, -0.05) is 13.8 Å². The topological polar surface area (TPSA) is 104 Å². The number of carbonyl (C=O) groups excluding carboxylic acids is 1. The molecule has 9 heteroatoms. The monoisotopic (exact) mass is 384 g/mol. The fourth-order valence-corrected chi connectivity index (χ4v) is 4.76. The molecule has 1 unspecified atom stereocenters. The maximum absolute atomic E-state index is 13.0. The van der Waals surface area contributed by atoms with Crippen molar-refractivity contribution in [2.45, 2.75) is 26.3 Å². The van der Waals surface area contributed by atoms with Gasteiger partial charge in [-0.05, 0) is 36.6 Å². The number of rotatable bonds is 7. The number of nitrogens with zero attached hydrogens (tertiary/aromatic N) is 2. The smallest absolute Gasteiger partial charge is 0.341 e. The van der Waals surface area contributed by atoms with Crippen molar-refractivity contribution in [3.63, 3.8) is 0 Å². The standard InChI is InChI=1S/C17H24N2O6S/c1-12(2)16(19-9-4-10-26(19,23)24)17(22)18(3)13-5-7-14(8-6-13)25-11-15(20)21/h5-8,12,16H,4,9-11H2,1-3H3,(H,20,21). The van der Waals surface area contributed by atoms with Crippen molar-refractivity contribution in [3.05, 3.63) is 24.3 Å². The summed E-state index contributed by atoms with van der Waals surface area (Å²) in [6.45, 7) is 3.56. The summed E-state index contributed by atoms with van der Waals surface area (Å²) < 4.78 is 30.8. The zero-order valence-electron chi connectivity index (χ0n) is 15.1. The summed E-state index contributed by atoms with van der Waals surface area (Å²) in [6.07, 6.45) is 0.526. The molecule has 0 saturated carbocycles. The van der Waals surface area contributed by atoms with E-state index in [1.54, 1.807) is 31.3 Å². The molecule has 0 bridgehead atoms. The molecular weight excluding hydrogens is 360 g/mol. The van der Waals surface area contributed by atoms with Crippen LogP contribution in [0.25, 0.3) is 0 Å². The van der Waals surface area contributed by atoms with Crippen molar-refractivity contribution in [1.82, 2.24) is 4.31 Å². The predicted octanol–water partition coefficient (Wildman–Crippen LogP) is 1.17. The van der Waals surface area contributed by atoms with Crippen molar-refractivity contribution in [2.75, 3.05) is 30.9 Å². The quantitative estimate of drug-likeness (QED) is 0.757. The molecule has 1 fully saturated rings. The minimum Gasteiger partial charge on any atom is -0.482 e. The molecule has 1 aromatic carbocycles. The maximum Gasteiger partial charge on any atom is 0.341 e. The van der Waals surface area contributed by atoms with Crippen molar-refractivity contribution in [3.8, 4) is 5.75 Å². The molecule has 1 atom stereocenters. The highest BCUT2D eigenvalue weighted by atomic mass is 32.2. The fourth-order valence-electron chi connectivity index (χ4n) is 2.95. The van der Waals surface area contributed by atoms with Gasteiger partial charge in [0.1, 0.15) is 11.8 Å². The van der Waals surface area contributed by atoms with Gasteiger partial charge in [-0.2, -0.15) is 4.31 Å². The van der Waals surface area contributed by atoms with Crippen LogP contribution in [0.3, 0.4) is 0 Å². The van der Waals surface area contributed by atoms with E-state index < -0.39 is 28.6 Å². The summed E-state index contributed by atoms with van der Waals surface area (Å²) in [5.74, 6) is -1.10. The lowest BCUT2D eigenvalue weighted by molar-refractivity contribution is -0.139. The molecule has 1 aliphatic rings. The summed E-state index contributed by atoms with van der Waals surface area (Å²) in [6, 6.07) is 5.64. The van der Waals surface area contributed by atoms with Crippen molar-refractivity contribution >= 4 is 27.6 Å². The Hall–Kier alpha value is -2.13. The van der Waals surface area contributed by atoms with E-state index in [1.807, 2.05) is 13.8 Å². The predicted molar refractivity (Wildman–Crippen MR) is 96.7 cm³/mol. The first kappa shape index (κ1) is 20.2.